The van der Waals surface area contributed by atoms with Crippen LogP contribution < -0.4 is 14.9 Å². The molecule has 0 aliphatic carbocycles. The van der Waals surface area contributed by atoms with Crippen LogP contribution in [-0.4, -0.2) is 42.4 Å². The molecule has 0 radical (unpaired) electrons. The Morgan fingerprint density at radius 2 is 1.81 bits per heavy atom. The zero-order chi connectivity index (χ0) is 22.7. The van der Waals surface area contributed by atoms with E-state index >= 15 is 0 Å². The van der Waals surface area contributed by atoms with Crippen LogP contribution in [0.1, 0.15) is 30.4 Å². The SMILES string of the molecule is Cc1cc(Oc2coc3cc(OCC(O)CN4CCCCC4)ccc3c2=O)cc(C)c1Cl. The van der Waals surface area contributed by atoms with Crippen molar-refractivity contribution in [3.8, 4) is 17.2 Å². The smallest absolute Gasteiger partial charge is 0.235 e. The van der Waals surface area contributed by atoms with E-state index in [9.17, 15) is 9.90 Å². The van der Waals surface area contributed by atoms with Gasteiger partial charge in [-0.3, -0.25) is 4.79 Å². The Morgan fingerprint density at radius 1 is 1.09 bits per heavy atom. The number of benzene rings is 2. The lowest BCUT2D eigenvalue weighted by molar-refractivity contribution is 0.0617. The van der Waals surface area contributed by atoms with Crippen molar-refractivity contribution in [3.63, 3.8) is 0 Å². The van der Waals surface area contributed by atoms with Gasteiger partial charge in [-0.2, -0.15) is 0 Å². The fourth-order valence-corrected chi connectivity index (χ4v) is 4.14. The third-order valence-electron chi connectivity index (χ3n) is 5.71. The molecular formula is C25H28ClNO5. The molecule has 2 aromatic carbocycles. The predicted octanol–water partition coefficient (Wildman–Crippen LogP) is 5.08. The minimum absolute atomic E-state index is 0.101. The highest BCUT2D eigenvalue weighted by Crippen LogP contribution is 2.29. The van der Waals surface area contributed by atoms with Gasteiger partial charge in [-0.15, -0.1) is 0 Å². The third-order valence-corrected chi connectivity index (χ3v) is 6.31. The Balaban J connectivity index is 1.44. The zero-order valence-corrected chi connectivity index (χ0v) is 19.2. The minimum Gasteiger partial charge on any atom is -0.491 e. The van der Waals surface area contributed by atoms with Crippen LogP contribution in [0.3, 0.4) is 0 Å². The molecule has 1 aliphatic heterocycles. The fourth-order valence-electron chi connectivity index (χ4n) is 4.03. The van der Waals surface area contributed by atoms with Crippen molar-refractivity contribution in [1.29, 1.82) is 0 Å². The van der Waals surface area contributed by atoms with E-state index in [1.54, 1.807) is 30.3 Å². The summed E-state index contributed by atoms with van der Waals surface area (Å²) in [5.74, 6) is 1.17. The lowest BCUT2D eigenvalue weighted by Gasteiger charge is -2.28. The van der Waals surface area contributed by atoms with Gasteiger partial charge in [0.05, 0.1) is 5.39 Å². The topological polar surface area (TPSA) is 72.1 Å². The summed E-state index contributed by atoms with van der Waals surface area (Å²) in [7, 11) is 0. The number of β-amino-alcohol motifs (C(OH)–C–C–N with tert-alkyl or cyclic N) is 1. The van der Waals surface area contributed by atoms with E-state index in [1.807, 2.05) is 13.8 Å². The average Bonchev–Trinajstić information content (AvgIpc) is 2.78. The molecular weight excluding hydrogens is 430 g/mol. The molecule has 3 aromatic rings. The Labute approximate surface area is 192 Å². The first kappa shape index (κ1) is 22.6. The number of fused-ring (bicyclic) bond motifs is 1. The second-order valence-corrected chi connectivity index (χ2v) is 8.76. The number of aryl methyl sites for hydroxylation is 2. The molecule has 1 unspecified atom stereocenters. The Morgan fingerprint density at radius 3 is 2.53 bits per heavy atom. The summed E-state index contributed by atoms with van der Waals surface area (Å²) in [6.45, 7) is 6.61. The lowest BCUT2D eigenvalue weighted by Crippen LogP contribution is -2.38. The van der Waals surface area contributed by atoms with Gasteiger partial charge >= 0.3 is 0 Å². The largest absolute Gasteiger partial charge is 0.491 e. The van der Waals surface area contributed by atoms with Crippen LogP contribution in [0.15, 0.2) is 45.8 Å². The Bertz CT molecular complexity index is 1130. The van der Waals surface area contributed by atoms with E-state index in [2.05, 4.69) is 4.90 Å². The van der Waals surface area contributed by atoms with Crippen molar-refractivity contribution in [2.24, 2.45) is 0 Å². The molecule has 1 saturated heterocycles. The van der Waals surface area contributed by atoms with Crippen molar-refractivity contribution >= 4 is 22.6 Å². The summed E-state index contributed by atoms with van der Waals surface area (Å²) in [4.78, 5) is 15.1. The first-order valence-corrected chi connectivity index (χ1v) is 11.3. The number of likely N-dealkylation sites (tertiary alicyclic amines) is 1. The Hall–Kier alpha value is -2.54. The van der Waals surface area contributed by atoms with Gasteiger partial charge in [0.2, 0.25) is 11.2 Å². The van der Waals surface area contributed by atoms with Crippen LogP contribution in [0.2, 0.25) is 5.02 Å². The van der Waals surface area contributed by atoms with Gasteiger partial charge in [0.1, 0.15) is 36.1 Å². The summed E-state index contributed by atoms with van der Waals surface area (Å²) >= 11 is 6.21. The van der Waals surface area contributed by atoms with E-state index < -0.39 is 6.10 Å². The number of hydrogen-bond donors (Lipinski definition) is 1. The molecule has 1 fully saturated rings. The van der Waals surface area contributed by atoms with Gasteiger partial charge in [0, 0.05) is 17.6 Å². The molecule has 1 atom stereocenters. The number of ether oxygens (including phenoxy) is 2. The monoisotopic (exact) mass is 457 g/mol. The molecule has 7 heteroatoms. The van der Waals surface area contributed by atoms with Crippen molar-refractivity contribution in [2.75, 3.05) is 26.2 Å². The average molecular weight is 458 g/mol. The number of rotatable bonds is 7. The maximum atomic E-state index is 12.9. The van der Waals surface area contributed by atoms with Crippen molar-refractivity contribution in [2.45, 2.75) is 39.2 Å². The van der Waals surface area contributed by atoms with Crippen LogP contribution >= 0.6 is 11.6 Å². The summed E-state index contributed by atoms with van der Waals surface area (Å²) < 4.78 is 17.2. The quantitative estimate of drug-likeness (QED) is 0.533. The van der Waals surface area contributed by atoms with Gasteiger partial charge in [-0.25, -0.2) is 0 Å². The molecule has 4 rings (SSSR count). The maximum absolute atomic E-state index is 12.9. The summed E-state index contributed by atoms with van der Waals surface area (Å²) in [5.41, 5.74) is 1.87. The molecule has 0 spiro atoms. The maximum Gasteiger partial charge on any atom is 0.235 e. The van der Waals surface area contributed by atoms with Gasteiger partial charge < -0.3 is 23.9 Å². The van der Waals surface area contributed by atoms with Crippen molar-refractivity contribution in [3.05, 3.63) is 63.0 Å². The zero-order valence-electron chi connectivity index (χ0n) is 18.4. The lowest BCUT2D eigenvalue weighted by atomic mass is 10.1. The van der Waals surface area contributed by atoms with E-state index in [1.165, 1.54) is 25.5 Å². The molecule has 2 heterocycles. The highest BCUT2D eigenvalue weighted by atomic mass is 35.5. The first-order valence-electron chi connectivity index (χ1n) is 10.9. The molecule has 32 heavy (non-hydrogen) atoms. The number of aliphatic hydroxyl groups excluding tert-OH is 1. The molecule has 1 aromatic heterocycles. The molecule has 0 amide bonds. The minimum atomic E-state index is -0.571. The molecule has 1 aliphatic rings. The van der Waals surface area contributed by atoms with Crippen LogP contribution in [-0.2, 0) is 0 Å². The van der Waals surface area contributed by atoms with Crippen LogP contribution in [0, 0.1) is 13.8 Å². The van der Waals surface area contributed by atoms with Crippen LogP contribution in [0.5, 0.6) is 17.2 Å². The predicted molar refractivity (Wildman–Crippen MR) is 125 cm³/mol. The fraction of sp³-hybridized carbons (Fsp3) is 0.400. The molecule has 0 saturated carbocycles. The first-order chi connectivity index (χ1) is 15.4. The number of nitrogens with zero attached hydrogens (tertiary/aromatic N) is 1. The number of piperidine rings is 1. The summed E-state index contributed by atoms with van der Waals surface area (Å²) in [6, 6.07) is 8.58. The van der Waals surface area contributed by atoms with Crippen LogP contribution in [0.25, 0.3) is 11.0 Å². The van der Waals surface area contributed by atoms with Crippen LogP contribution in [0.4, 0.5) is 0 Å². The Kier molecular flexibility index (Phi) is 7.04. The summed E-state index contributed by atoms with van der Waals surface area (Å²) in [5, 5.41) is 11.4. The van der Waals surface area contributed by atoms with E-state index in [0.29, 0.717) is 34.0 Å². The number of aliphatic hydroxyl groups is 1. The highest BCUT2D eigenvalue weighted by molar-refractivity contribution is 6.32. The normalized spacial score (nSPS) is 15.6. The van der Waals surface area contributed by atoms with Gasteiger partial charge in [-0.1, -0.05) is 18.0 Å². The van der Waals surface area contributed by atoms with Gasteiger partial charge in [0.15, 0.2) is 0 Å². The van der Waals surface area contributed by atoms with E-state index in [0.717, 1.165) is 24.2 Å². The van der Waals surface area contributed by atoms with Gasteiger partial charge in [0.25, 0.3) is 0 Å². The second kappa shape index (κ2) is 9.94. The van der Waals surface area contributed by atoms with E-state index in [-0.39, 0.29) is 17.8 Å². The summed E-state index contributed by atoms with van der Waals surface area (Å²) in [6.07, 6.45) is 4.36. The molecule has 1 N–H and O–H groups in total. The van der Waals surface area contributed by atoms with E-state index in [4.69, 9.17) is 25.5 Å². The second-order valence-electron chi connectivity index (χ2n) is 8.39. The molecule has 0 bridgehead atoms. The van der Waals surface area contributed by atoms with Gasteiger partial charge in [-0.05, 0) is 75.2 Å². The standard InChI is InChI=1S/C25H28ClNO5/c1-16-10-20(11-17(2)24(16)26)32-23-15-31-22-12-19(6-7-21(22)25(23)29)30-14-18(28)13-27-8-4-3-5-9-27/h6-7,10-12,15,18,28H,3-5,8-9,13-14H2,1-2H3. The number of hydrogen-bond acceptors (Lipinski definition) is 6. The third kappa shape index (κ3) is 5.26. The highest BCUT2D eigenvalue weighted by Gasteiger charge is 2.16. The van der Waals surface area contributed by atoms with Crippen molar-refractivity contribution in [1.82, 2.24) is 4.90 Å². The van der Waals surface area contributed by atoms with Crippen molar-refractivity contribution < 1.29 is 19.0 Å². The molecule has 6 nitrogen and oxygen atoms in total. The number of halogens is 1. The molecule has 170 valence electrons.